The molecule has 11 nitrogen and oxygen atoms in total. The summed E-state index contributed by atoms with van der Waals surface area (Å²) in [6.45, 7) is 4.02. The summed E-state index contributed by atoms with van der Waals surface area (Å²) in [4.78, 5) is 26.9. The zero-order chi connectivity index (χ0) is 21.9. The summed E-state index contributed by atoms with van der Waals surface area (Å²) < 4.78 is 5.50. The van der Waals surface area contributed by atoms with Gasteiger partial charge in [-0.1, -0.05) is 0 Å². The van der Waals surface area contributed by atoms with Crippen LogP contribution in [-0.4, -0.2) is 76.0 Å². The average molecular weight is 435 g/mol. The van der Waals surface area contributed by atoms with Crippen LogP contribution in [0.3, 0.4) is 0 Å². The number of hydrogen-bond acceptors (Lipinski definition) is 11. The Kier molecular flexibility index (Phi) is 5.65. The monoisotopic (exact) mass is 435 g/mol. The van der Waals surface area contributed by atoms with Crippen LogP contribution in [0.1, 0.15) is 5.56 Å². The highest BCUT2D eigenvalue weighted by Gasteiger charge is 2.29. The molecule has 1 saturated heterocycles. The number of nitrogens with zero attached hydrogens (tertiary/aromatic N) is 7. The molecule has 11 heteroatoms. The van der Waals surface area contributed by atoms with E-state index in [0.29, 0.717) is 31.5 Å². The Balaban J connectivity index is 1.58. The van der Waals surface area contributed by atoms with Crippen molar-refractivity contribution in [3.05, 3.63) is 36.3 Å². The predicted octanol–water partition coefficient (Wildman–Crippen LogP) is 0.846. The maximum Gasteiger partial charge on any atom is 0.228 e. The fourth-order valence-electron chi connectivity index (χ4n) is 3.97. The van der Waals surface area contributed by atoms with Crippen LogP contribution in [0.4, 0.5) is 29.2 Å². The number of aliphatic hydroxyl groups excluding tert-OH is 1. The van der Waals surface area contributed by atoms with Gasteiger partial charge in [0.25, 0.3) is 0 Å². The Morgan fingerprint density at radius 1 is 1.09 bits per heavy atom. The van der Waals surface area contributed by atoms with Crippen molar-refractivity contribution in [2.45, 2.75) is 6.42 Å². The van der Waals surface area contributed by atoms with E-state index in [4.69, 9.17) is 25.5 Å². The molecule has 2 aliphatic rings. The first-order valence-electron chi connectivity index (χ1n) is 10.6. The van der Waals surface area contributed by atoms with Crippen molar-refractivity contribution in [1.82, 2.24) is 24.9 Å². The van der Waals surface area contributed by atoms with Gasteiger partial charge in [0.1, 0.15) is 11.6 Å². The molecule has 0 aliphatic carbocycles. The van der Waals surface area contributed by atoms with Gasteiger partial charge in [-0.15, -0.1) is 0 Å². The zero-order valence-corrected chi connectivity index (χ0v) is 17.6. The number of fused-ring (bicyclic) bond motifs is 1. The van der Waals surface area contributed by atoms with E-state index in [1.54, 1.807) is 18.6 Å². The molecule has 1 fully saturated rings. The van der Waals surface area contributed by atoms with Gasteiger partial charge in [-0.05, 0) is 12.5 Å². The third-order valence-electron chi connectivity index (χ3n) is 5.53. The lowest BCUT2D eigenvalue weighted by Gasteiger charge is -2.28. The molecule has 3 aromatic heterocycles. The lowest BCUT2D eigenvalue weighted by Crippen LogP contribution is -2.37. The molecule has 0 amide bonds. The minimum absolute atomic E-state index is 0.0433. The lowest BCUT2D eigenvalue weighted by molar-refractivity contribution is 0.122. The van der Waals surface area contributed by atoms with E-state index in [-0.39, 0.29) is 12.6 Å². The number of aromatic nitrogens is 5. The van der Waals surface area contributed by atoms with Crippen molar-refractivity contribution in [1.29, 1.82) is 0 Å². The van der Waals surface area contributed by atoms with Crippen molar-refractivity contribution in [3.8, 4) is 11.3 Å². The Morgan fingerprint density at radius 3 is 2.69 bits per heavy atom. The average Bonchev–Trinajstić information content (AvgIpc) is 3.27. The molecule has 3 aromatic rings. The minimum atomic E-state index is 0.0433. The van der Waals surface area contributed by atoms with E-state index < -0.39 is 0 Å². The smallest absolute Gasteiger partial charge is 0.228 e. The number of nitrogen functional groups attached to an aromatic ring is 1. The van der Waals surface area contributed by atoms with Gasteiger partial charge in [0.05, 0.1) is 25.5 Å². The van der Waals surface area contributed by atoms with Gasteiger partial charge >= 0.3 is 0 Å². The van der Waals surface area contributed by atoms with Crippen LogP contribution in [0.25, 0.3) is 11.3 Å². The molecule has 32 heavy (non-hydrogen) atoms. The third-order valence-corrected chi connectivity index (χ3v) is 5.53. The molecule has 0 bridgehead atoms. The van der Waals surface area contributed by atoms with Gasteiger partial charge in [0.15, 0.2) is 0 Å². The second-order valence-electron chi connectivity index (χ2n) is 7.56. The van der Waals surface area contributed by atoms with Crippen molar-refractivity contribution >= 4 is 29.2 Å². The molecule has 0 unspecified atom stereocenters. The summed E-state index contributed by atoms with van der Waals surface area (Å²) in [7, 11) is 0. The number of rotatable bonds is 6. The molecule has 0 atom stereocenters. The standard InChI is InChI=1S/C21H25N9O2/c22-20-25-12-14(13-26-20)18-16-2-5-30(15-1-3-23-17(11-15)24-4-8-31)19(16)28-21(27-18)29-6-9-32-10-7-29/h1,3,11-13,31H,2,4-10H2,(H,23,24)(H2,22,25,26). The van der Waals surface area contributed by atoms with Crippen molar-refractivity contribution in [2.24, 2.45) is 0 Å². The zero-order valence-electron chi connectivity index (χ0n) is 17.6. The van der Waals surface area contributed by atoms with Crippen LogP contribution in [0.2, 0.25) is 0 Å². The molecule has 2 aliphatic heterocycles. The summed E-state index contributed by atoms with van der Waals surface area (Å²) >= 11 is 0. The van der Waals surface area contributed by atoms with Gasteiger partial charge in [-0.2, -0.15) is 4.98 Å². The molecule has 5 rings (SSSR count). The first kappa shape index (κ1) is 20.3. The second kappa shape index (κ2) is 8.89. The van der Waals surface area contributed by atoms with E-state index in [9.17, 15) is 0 Å². The van der Waals surface area contributed by atoms with Crippen molar-refractivity contribution < 1.29 is 9.84 Å². The van der Waals surface area contributed by atoms with Crippen LogP contribution in [-0.2, 0) is 11.2 Å². The van der Waals surface area contributed by atoms with Gasteiger partial charge in [0.2, 0.25) is 11.9 Å². The number of morpholine rings is 1. The van der Waals surface area contributed by atoms with E-state index in [1.165, 1.54) is 0 Å². The molecular formula is C21H25N9O2. The molecule has 0 radical (unpaired) electrons. The number of aliphatic hydroxyl groups is 1. The van der Waals surface area contributed by atoms with Gasteiger partial charge in [-0.25, -0.2) is 19.9 Å². The highest BCUT2D eigenvalue weighted by Crippen LogP contribution is 2.39. The van der Waals surface area contributed by atoms with Crippen molar-refractivity contribution in [2.75, 3.05) is 66.8 Å². The maximum atomic E-state index is 9.10. The molecule has 0 spiro atoms. The van der Waals surface area contributed by atoms with Crippen LogP contribution in [0.5, 0.6) is 0 Å². The van der Waals surface area contributed by atoms with Crippen LogP contribution < -0.4 is 20.9 Å². The molecule has 5 heterocycles. The molecule has 166 valence electrons. The molecule has 4 N–H and O–H groups in total. The minimum Gasteiger partial charge on any atom is -0.395 e. The highest BCUT2D eigenvalue weighted by atomic mass is 16.5. The normalized spacial score (nSPS) is 15.7. The van der Waals surface area contributed by atoms with E-state index in [0.717, 1.165) is 54.4 Å². The highest BCUT2D eigenvalue weighted by molar-refractivity contribution is 5.77. The van der Waals surface area contributed by atoms with Gasteiger partial charge < -0.3 is 30.7 Å². The fourth-order valence-corrected chi connectivity index (χ4v) is 3.97. The Labute approximate surface area is 185 Å². The van der Waals surface area contributed by atoms with E-state index in [2.05, 4.69) is 30.1 Å². The number of nitrogens with one attached hydrogen (secondary N) is 1. The lowest BCUT2D eigenvalue weighted by atomic mass is 10.1. The number of nitrogens with two attached hydrogens (primary N) is 1. The molecule has 0 aromatic carbocycles. The maximum absolute atomic E-state index is 9.10. The second-order valence-corrected chi connectivity index (χ2v) is 7.56. The quantitative estimate of drug-likeness (QED) is 0.508. The van der Waals surface area contributed by atoms with E-state index >= 15 is 0 Å². The number of ether oxygens (including phenoxy) is 1. The topological polar surface area (TPSA) is 138 Å². The van der Waals surface area contributed by atoms with Gasteiger partial charge in [-0.3, -0.25) is 0 Å². The van der Waals surface area contributed by atoms with Crippen LogP contribution in [0.15, 0.2) is 30.7 Å². The summed E-state index contributed by atoms with van der Waals surface area (Å²) in [5.74, 6) is 2.47. The Morgan fingerprint density at radius 2 is 1.91 bits per heavy atom. The fraction of sp³-hybridized carbons (Fsp3) is 0.381. The Hall–Kier alpha value is -3.57. The predicted molar refractivity (Wildman–Crippen MR) is 121 cm³/mol. The largest absolute Gasteiger partial charge is 0.395 e. The third kappa shape index (κ3) is 3.99. The number of pyridine rings is 1. The first-order valence-corrected chi connectivity index (χ1v) is 10.6. The number of anilines is 5. The Bertz CT molecular complexity index is 1090. The first-order chi connectivity index (χ1) is 15.7. The summed E-state index contributed by atoms with van der Waals surface area (Å²) in [5.41, 5.74) is 9.37. The van der Waals surface area contributed by atoms with Crippen LogP contribution >= 0.6 is 0 Å². The summed E-state index contributed by atoms with van der Waals surface area (Å²) in [6.07, 6.45) is 5.96. The van der Waals surface area contributed by atoms with Crippen LogP contribution in [0, 0.1) is 0 Å². The SMILES string of the molecule is Nc1ncc(-c2nc(N3CCOCC3)nc3c2CCN3c2ccnc(NCCO)c2)cn1. The molecule has 0 saturated carbocycles. The molecular weight excluding hydrogens is 410 g/mol. The van der Waals surface area contributed by atoms with Gasteiger partial charge in [0, 0.05) is 67.7 Å². The summed E-state index contributed by atoms with van der Waals surface area (Å²) in [5, 5.41) is 12.2. The number of hydrogen-bond donors (Lipinski definition) is 3. The van der Waals surface area contributed by atoms with Crippen molar-refractivity contribution in [3.63, 3.8) is 0 Å². The van der Waals surface area contributed by atoms with E-state index in [1.807, 2.05) is 12.1 Å². The summed E-state index contributed by atoms with van der Waals surface area (Å²) in [6, 6.07) is 3.93.